The Hall–Kier alpha value is -2.86. The second-order valence-electron chi connectivity index (χ2n) is 10.1. The summed E-state index contributed by atoms with van der Waals surface area (Å²) in [5.74, 6) is -0.288. The molecule has 3 heterocycles. The topological polar surface area (TPSA) is 75.4 Å². The molecule has 34 heavy (non-hydrogen) atoms. The van der Waals surface area contributed by atoms with Gasteiger partial charge in [-0.1, -0.05) is 23.7 Å². The molecule has 0 saturated heterocycles. The first-order valence-corrected chi connectivity index (χ1v) is 12.4. The van der Waals surface area contributed by atoms with Crippen LogP contribution in [0.3, 0.4) is 0 Å². The molecule has 1 saturated carbocycles. The maximum atomic E-state index is 13.3. The van der Waals surface area contributed by atoms with Crippen LogP contribution in [0.25, 0.3) is 11.0 Å². The predicted molar refractivity (Wildman–Crippen MR) is 132 cm³/mol. The van der Waals surface area contributed by atoms with Crippen molar-refractivity contribution < 1.29 is 14.7 Å². The average molecular weight is 480 g/mol. The van der Waals surface area contributed by atoms with E-state index in [1.54, 1.807) is 0 Å². The minimum atomic E-state index is -0.720. The fourth-order valence-electron chi connectivity index (χ4n) is 5.57. The molecule has 1 aliphatic heterocycles. The minimum Gasteiger partial charge on any atom is -0.481 e. The van der Waals surface area contributed by atoms with Crippen molar-refractivity contribution in [3.63, 3.8) is 0 Å². The number of rotatable bonds is 5. The van der Waals surface area contributed by atoms with Gasteiger partial charge >= 0.3 is 5.97 Å². The van der Waals surface area contributed by atoms with Crippen LogP contribution in [-0.2, 0) is 29.1 Å². The number of carbonyl (C=O) groups is 2. The van der Waals surface area contributed by atoms with E-state index >= 15 is 0 Å². The van der Waals surface area contributed by atoms with E-state index in [4.69, 9.17) is 11.6 Å². The number of hydrogen-bond donors (Lipinski definition) is 1. The average Bonchev–Trinajstić information content (AvgIpc) is 3.13. The van der Waals surface area contributed by atoms with Gasteiger partial charge in [-0.3, -0.25) is 9.59 Å². The summed E-state index contributed by atoms with van der Waals surface area (Å²) in [6.45, 7) is 3.76. The highest BCUT2D eigenvalue weighted by Gasteiger charge is 2.38. The number of carbonyl (C=O) groups excluding carboxylic acids is 1. The van der Waals surface area contributed by atoms with Crippen LogP contribution in [-0.4, -0.2) is 38.0 Å². The van der Waals surface area contributed by atoms with Crippen molar-refractivity contribution in [3.05, 3.63) is 64.4 Å². The highest BCUT2D eigenvalue weighted by Crippen LogP contribution is 2.40. The lowest BCUT2D eigenvalue weighted by Crippen LogP contribution is -2.39. The fraction of sp³-hybridized carbons (Fsp3) is 0.444. The van der Waals surface area contributed by atoms with Crippen molar-refractivity contribution in [2.75, 3.05) is 6.54 Å². The lowest BCUT2D eigenvalue weighted by Gasteiger charge is -2.35. The van der Waals surface area contributed by atoms with Gasteiger partial charge < -0.3 is 14.6 Å². The van der Waals surface area contributed by atoms with Crippen LogP contribution in [0, 0.1) is 11.3 Å². The van der Waals surface area contributed by atoms with Crippen molar-refractivity contribution in [2.24, 2.45) is 11.3 Å². The normalized spacial score (nSPS) is 22.5. The minimum absolute atomic E-state index is 0.169. The zero-order chi connectivity index (χ0) is 23.9. The summed E-state index contributed by atoms with van der Waals surface area (Å²) in [4.78, 5) is 31.5. The first-order valence-electron chi connectivity index (χ1n) is 12.0. The number of hydrogen-bond acceptors (Lipinski definition) is 3. The second kappa shape index (κ2) is 9.06. The molecule has 5 rings (SSSR count). The van der Waals surface area contributed by atoms with Crippen LogP contribution in [0.15, 0.2) is 42.6 Å². The summed E-state index contributed by atoms with van der Waals surface area (Å²) in [7, 11) is 0. The van der Waals surface area contributed by atoms with Gasteiger partial charge in [0.15, 0.2) is 0 Å². The highest BCUT2D eigenvalue weighted by molar-refractivity contribution is 6.30. The van der Waals surface area contributed by atoms with Crippen molar-refractivity contribution in [1.82, 2.24) is 14.5 Å². The molecule has 0 spiro atoms. The largest absolute Gasteiger partial charge is 0.481 e. The Morgan fingerprint density at radius 2 is 2.00 bits per heavy atom. The van der Waals surface area contributed by atoms with Crippen LogP contribution < -0.4 is 0 Å². The van der Waals surface area contributed by atoms with Crippen LogP contribution in [0.1, 0.15) is 55.8 Å². The molecule has 1 aliphatic carbocycles. The number of amides is 1. The summed E-state index contributed by atoms with van der Waals surface area (Å²) in [5.41, 5.74) is 3.83. The molecule has 1 fully saturated rings. The molecular weight excluding hydrogens is 450 g/mol. The molecule has 1 aromatic carbocycles. The fourth-order valence-corrected chi connectivity index (χ4v) is 5.78. The van der Waals surface area contributed by atoms with Gasteiger partial charge in [-0.2, -0.15) is 0 Å². The molecule has 3 aromatic rings. The molecule has 0 unspecified atom stereocenters. The summed E-state index contributed by atoms with van der Waals surface area (Å²) >= 11 is 6.23. The number of aliphatic carboxylic acids is 1. The van der Waals surface area contributed by atoms with Gasteiger partial charge in [0.2, 0.25) is 5.91 Å². The zero-order valence-electron chi connectivity index (χ0n) is 19.5. The van der Waals surface area contributed by atoms with Crippen LogP contribution >= 0.6 is 11.6 Å². The van der Waals surface area contributed by atoms with Gasteiger partial charge in [-0.05, 0) is 80.3 Å². The van der Waals surface area contributed by atoms with Crippen molar-refractivity contribution in [1.29, 1.82) is 0 Å². The van der Waals surface area contributed by atoms with Crippen molar-refractivity contribution >= 4 is 34.5 Å². The predicted octanol–water partition coefficient (Wildman–Crippen LogP) is 5.29. The number of benzene rings is 1. The van der Waals surface area contributed by atoms with E-state index in [-0.39, 0.29) is 11.8 Å². The third-order valence-electron chi connectivity index (χ3n) is 7.78. The van der Waals surface area contributed by atoms with E-state index in [9.17, 15) is 14.7 Å². The summed E-state index contributed by atoms with van der Waals surface area (Å²) in [6.07, 6.45) is 6.01. The smallest absolute Gasteiger partial charge is 0.309 e. The van der Waals surface area contributed by atoms with E-state index < -0.39 is 11.4 Å². The molecule has 6 nitrogen and oxygen atoms in total. The highest BCUT2D eigenvalue weighted by atomic mass is 35.5. The van der Waals surface area contributed by atoms with E-state index in [2.05, 4.69) is 21.7 Å². The Labute approximate surface area is 204 Å². The Balaban J connectivity index is 1.35. The molecule has 1 N–H and O–H groups in total. The third kappa shape index (κ3) is 4.31. The van der Waals surface area contributed by atoms with Gasteiger partial charge in [0.25, 0.3) is 0 Å². The van der Waals surface area contributed by atoms with Gasteiger partial charge in [0, 0.05) is 41.8 Å². The Morgan fingerprint density at radius 1 is 1.21 bits per heavy atom. The molecule has 0 bridgehead atoms. The van der Waals surface area contributed by atoms with Gasteiger partial charge in [0.1, 0.15) is 5.65 Å². The van der Waals surface area contributed by atoms with Gasteiger partial charge in [-0.25, -0.2) is 4.98 Å². The van der Waals surface area contributed by atoms with Gasteiger partial charge in [0.05, 0.1) is 12.0 Å². The van der Waals surface area contributed by atoms with E-state index in [1.165, 1.54) is 5.56 Å². The van der Waals surface area contributed by atoms with Crippen LogP contribution in [0.4, 0.5) is 0 Å². The molecule has 1 amide bonds. The summed E-state index contributed by atoms with van der Waals surface area (Å²) in [6, 6.07) is 12.0. The first kappa shape index (κ1) is 22.9. The molecule has 178 valence electrons. The van der Waals surface area contributed by atoms with Crippen molar-refractivity contribution in [2.45, 2.75) is 58.5 Å². The molecular formula is C27H30ClN3O3. The number of halogens is 1. The second-order valence-corrected chi connectivity index (χ2v) is 10.5. The standard InChI is InChI=1S/C27H30ClN3O3/c1-27(26(33)34)10-7-18(8-11-27)15-24(32)30-13-9-21-22-6-3-12-29-25(22)31(23(21)17-30)16-19-4-2-5-20(28)14-19/h2-6,12,14,18H,7-11,13,15-17H2,1H3,(H,33,34)/t18-,27+. The molecule has 0 radical (unpaired) electrons. The van der Waals surface area contributed by atoms with Crippen molar-refractivity contribution in [3.8, 4) is 0 Å². The summed E-state index contributed by atoms with van der Waals surface area (Å²) in [5, 5.41) is 11.3. The molecule has 0 atom stereocenters. The van der Waals surface area contributed by atoms with E-state index in [0.717, 1.165) is 41.6 Å². The van der Waals surface area contributed by atoms with Crippen LogP contribution in [0.2, 0.25) is 5.02 Å². The van der Waals surface area contributed by atoms with E-state index in [0.29, 0.717) is 43.9 Å². The Morgan fingerprint density at radius 3 is 2.74 bits per heavy atom. The molecule has 7 heteroatoms. The van der Waals surface area contributed by atoms with Gasteiger partial charge in [-0.15, -0.1) is 0 Å². The number of carboxylic acid groups (broad SMARTS) is 1. The van der Waals surface area contributed by atoms with Crippen LogP contribution in [0.5, 0.6) is 0 Å². The number of fused-ring (bicyclic) bond motifs is 3. The molecule has 2 aliphatic rings. The van der Waals surface area contributed by atoms with E-state index in [1.807, 2.05) is 42.3 Å². The lowest BCUT2D eigenvalue weighted by molar-refractivity contribution is -0.150. The monoisotopic (exact) mass is 479 g/mol. The summed E-state index contributed by atoms with van der Waals surface area (Å²) < 4.78 is 2.23. The maximum Gasteiger partial charge on any atom is 0.309 e. The SMILES string of the molecule is C[C@]1(C(=O)O)CC[C@@H](CC(=O)N2CCc3c(n(Cc4cccc(Cl)c4)c4ncccc34)C2)CC1. The Kier molecular flexibility index (Phi) is 6.11. The third-order valence-corrected chi connectivity index (χ3v) is 8.02. The maximum absolute atomic E-state index is 13.3. The number of aromatic nitrogens is 2. The first-order chi connectivity index (χ1) is 16.3. The Bertz CT molecular complexity index is 1240. The number of pyridine rings is 1. The zero-order valence-corrected chi connectivity index (χ0v) is 20.2. The quantitative estimate of drug-likeness (QED) is 0.539. The molecule has 2 aromatic heterocycles. The number of carboxylic acids is 1. The lowest BCUT2D eigenvalue weighted by atomic mass is 9.71. The number of nitrogens with zero attached hydrogens (tertiary/aromatic N) is 3.